The maximum absolute atomic E-state index is 13.0. The monoisotopic (exact) mass is 422 g/mol. The van der Waals surface area contributed by atoms with Gasteiger partial charge < -0.3 is 15.7 Å². The predicted octanol–water partition coefficient (Wildman–Crippen LogP) is 3.77. The number of hydrogen-bond donors (Lipinski definition) is 3. The molecule has 6 nitrogen and oxygen atoms in total. The van der Waals surface area contributed by atoms with Gasteiger partial charge in [0.1, 0.15) is 0 Å². The minimum Gasteiger partial charge on any atom is -0.480 e. The third-order valence-corrected chi connectivity index (χ3v) is 9.51. The van der Waals surface area contributed by atoms with E-state index in [9.17, 15) is 19.4 Å². The molecule has 0 aromatic heterocycles. The number of carbonyl (C=O) groups is 1. The molecule has 1 aliphatic heterocycles. The van der Waals surface area contributed by atoms with Crippen molar-refractivity contribution in [3.8, 4) is 0 Å². The molecule has 0 radical (unpaired) electrons. The maximum atomic E-state index is 13.0. The van der Waals surface area contributed by atoms with E-state index in [0.717, 1.165) is 0 Å². The Kier molecular flexibility index (Phi) is 7.55. The van der Waals surface area contributed by atoms with Gasteiger partial charge in [0.2, 0.25) is 7.37 Å². The summed E-state index contributed by atoms with van der Waals surface area (Å²) in [6, 6.07) is 8.46. The number of unbranched alkanes of at least 4 members (excludes halogenated alkanes) is 1. The Morgan fingerprint density at radius 2 is 1.93 bits per heavy atom. The van der Waals surface area contributed by atoms with Crippen LogP contribution in [0.15, 0.2) is 24.3 Å². The van der Waals surface area contributed by atoms with E-state index in [1.54, 1.807) is 0 Å². The van der Waals surface area contributed by atoms with Crippen LogP contribution in [0.4, 0.5) is 0 Å². The molecule has 0 amide bonds. The molecular formula is C22H35N2O4P. The first kappa shape index (κ1) is 22.5. The molecule has 4 N–H and O–H groups in total. The summed E-state index contributed by atoms with van der Waals surface area (Å²) in [5, 5.41) is 8.39. The Bertz CT molecular complexity index is 750. The topological polar surface area (TPSA) is 104 Å². The third-order valence-electron chi connectivity index (χ3n) is 6.81. The lowest BCUT2D eigenvalue weighted by molar-refractivity contribution is -0.141. The standard InChI is InChI=1S/C22H35N2O4P/c23-13-7-6-12-22(21(25)26)17-24(14-15-29(22,27)28)16-19-10-4-5-11-20(19)18-8-2-1-3-9-18/h4-5,10-11,18H,1-3,6-9,12-17,23H2,(H,25,26)(H,27,28). The van der Waals surface area contributed by atoms with Crippen molar-refractivity contribution in [1.82, 2.24) is 4.90 Å². The van der Waals surface area contributed by atoms with Gasteiger partial charge in [-0.05, 0) is 49.3 Å². The second-order valence-electron chi connectivity index (χ2n) is 8.75. The molecule has 1 aromatic carbocycles. The van der Waals surface area contributed by atoms with Crippen LogP contribution in [0.2, 0.25) is 0 Å². The summed E-state index contributed by atoms with van der Waals surface area (Å²) >= 11 is 0. The van der Waals surface area contributed by atoms with Gasteiger partial charge in [0.05, 0.1) is 0 Å². The highest BCUT2D eigenvalue weighted by Gasteiger charge is 2.56. The van der Waals surface area contributed by atoms with Gasteiger partial charge in [0.25, 0.3) is 0 Å². The Labute approximate surface area is 173 Å². The van der Waals surface area contributed by atoms with E-state index in [1.807, 2.05) is 6.07 Å². The largest absolute Gasteiger partial charge is 0.480 e. The average molecular weight is 423 g/mol. The summed E-state index contributed by atoms with van der Waals surface area (Å²) in [5.74, 6) is -0.576. The lowest BCUT2D eigenvalue weighted by Crippen LogP contribution is -2.54. The van der Waals surface area contributed by atoms with Gasteiger partial charge in [-0.3, -0.25) is 14.3 Å². The van der Waals surface area contributed by atoms with Crippen LogP contribution < -0.4 is 5.73 Å². The van der Waals surface area contributed by atoms with Gasteiger partial charge in [-0.2, -0.15) is 0 Å². The van der Waals surface area contributed by atoms with Gasteiger partial charge in [-0.25, -0.2) is 0 Å². The zero-order chi connectivity index (χ0) is 20.9. The molecule has 2 fully saturated rings. The zero-order valence-corrected chi connectivity index (χ0v) is 18.2. The number of nitrogens with two attached hydrogens (primary N) is 1. The lowest BCUT2D eigenvalue weighted by Gasteiger charge is -2.43. The Balaban J connectivity index is 1.80. The molecule has 2 unspecified atom stereocenters. The van der Waals surface area contributed by atoms with E-state index < -0.39 is 18.5 Å². The van der Waals surface area contributed by atoms with E-state index in [4.69, 9.17) is 5.73 Å². The van der Waals surface area contributed by atoms with Crippen molar-refractivity contribution in [3.63, 3.8) is 0 Å². The molecule has 1 aromatic rings. The Morgan fingerprint density at radius 3 is 2.62 bits per heavy atom. The summed E-state index contributed by atoms with van der Waals surface area (Å²) in [4.78, 5) is 24.9. The smallest absolute Gasteiger partial charge is 0.320 e. The van der Waals surface area contributed by atoms with Crippen molar-refractivity contribution < 1.29 is 19.4 Å². The van der Waals surface area contributed by atoms with Crippen LogP contribution in [-0.4, -0.2) is 51.8 Å². The van der Waals surface area contributed by atoms with Gasteiger partial charge in [0.15, 0.2) is 5.16 Å². The fourth-order valence-corrected chi connectivity index (χ4v) is 7.27. The molecule has 2 aliphatic rings. The van der Waals surface area contributed by atoms with Crippen LogP contribution in [0.3, 0.4) is 0 Å². The number of rotatable bonds is 8. The van der Waals surface area contributed by atoms with Crippen molar-refractivity contribution in [3.05, 3.63) is 35.4 Å². The first-order valence-corrected chi connectivity index (χ1v) is 12.8. The van der Waals surface area contributed by atoms with E-state index in [0.29, 0.717) is 38.4 Å². The van der Waals surface area contributed by atoms with Crippen molar-refractivity contribution in [2.24, 2.45) is 5.73 Å². The molecule has 0 bridgehead atoms. The highest BCUT2D eigenvalue weighted by atomic mass is 31.2. The van der Waals surface area contributed by atoms with E-state index in [-0.39, 0.29) is 19.1 Å². The summed E-state index contributed by atoms with van der Waals surface area (Å²) in [7, 11) is -3.79. The predicted molar refractivity (Wildman–Crippen MR) is 116 cm³/mol. The fourth-order valence-electron chi connectivity index (χ4n) is 5.06. The summed E-state index contributed by atoms with van der Waals surface area (Å²) < 4.78 is 13.0. The van der Waals surface area contributed by atoms with Gasteiger partial charge in [-0.15, -0.1) is 0 Å². The van der Waals surface area contributed by atoms with Gasteiger partial charge >= 0.3 is 5.97 Å². The number of hydrogen-bond acceptors (Lipinski definition) is 4. The fraction of sp³-hybridized carbons (Fsp3) is 0.682. The number of carboxylic acids is 1. The normalized spacial score (nSPS) is 29.0. The highest BCUT2D eigenvalue weighted by molar-refractivity contribution is 7.61. The summed E-state index contributed by atoms with van der Waals surface area (Å²) in [5.41, 5.74) is 8.16. The van der Waals surface area contributed by atoms with Crippen LogP contribution in [0.1, 0.15) is 68.4 Å². The van der Waals surface area contributed by atoms with E-state index in [1.165, 1.54) is 43.2 Å². The average Bonchev–Trinajstić information content (AvgIpc) is 2.71. The molecular weight excluding hydrogens is 387 g/mol. The van der Waals surface area contributed by atoms with E-state index >= 15 is 0 Å². The van der Waals surface area contributed by atoms with Crippen molar-refractivity contribution in [2.75, 3.05) is 25.8 Å². The van der Waals surface area contributed by atoms with Crippen LogP contribution in [0.5, 0.6) is 0 Å². The molecule has 29 heavy (non-hydrogen) atoms. The van der Waals surface area contributed by atoms with Gasteiger partial charge in [-0.1, -0.05) is 49.9 Å². The molecule has 7 heteroatoms. The van der Waals surface area contributed by atoms with Crippen LogP contribution in [-0.2, 0) is 15.9 Å². The molecule has 1 saturated carbocycles. The second-order valence-corrected chi connectivity index (χ2v) is 11.5. The Hall–Kier alpha value is -1.20. The van der Waals surface area contributed by atoms with E-state index in [2.05, 4.69) is 23.1 Å². The molecule has 162 valence electrons. The van der Waals surface area contributed by atoms with Crippen LogP contribution in [0, 0.1) is 0 Å². The minimum absolute atomic E-state index is 0.0352. The summed E-state index contributed by atoms with van der Waals surface area (Å²) in [6.07, 6.45) is 7.71. The quantitative estimate of drug-likeness (QED) is 0.435. The molecule has 2 atom stereocenters. The van der Waals surface area contributed by atoms with Crippen LogP contribution >= 0.6 is 7.37 Å². The van der Waals surface area contributed by atoms with Crippen molar-refractivity contribution >= 4 is 13.3 Å². The Morgan fingerprint density at radius 1 is 1.21 bits per heavy atom. The molecule has 3 rings (SSSR count). The first-order valence-electron chi connectivity index (χ1n) is 11.0. The summed E-state index contributed by atoms with van der Waals surface area (Å²) in [6.45, 7) is 1.68. The van der Waals surface area contributed by atoms with Crippen molar-refractivity contribution in [1.29, 1.82) is 0 Å². The third kappa shape index (κ3) is 4.93. The number of benzene rings is 1. The van der Waals surface area contributed by atoms with Crippen LogP contribution in [0.25, 0.3) is 0 Å². The highest BCUT2D eigenvalue weighted by Crippen LogP contribution is 2.59. The van der Waals surface area contributed by atoms with Crippen molar-refractivity contribution in [2.45, 2.75) is 69.0 Å². The SMILES string of the molecule is NCCCCC1(C(=O)O)CN(Cc2ccccc2C2CCCCC2)CCP1(=O)O. The molecule has 0 spiro atoms. The molecule has 1 aliphatic carbocycles. The number of carboxylic acid groups (broad SMARTS) is 1. The molecule has 1 saturated heterocycles. The number of nitrogens with zero attached hydrogens (tertiary/aromatic N) is 1. The first-order chi connectivity index (χ1) is 13.9. The number of aliphatic carboxylic acids is 1. The lowest BCUT2D eigenvalue weighted by atomic mass is 9.82. The second kappa shape index (κ2) is 9.74. The minimum atomic E-state index is -3.79. The maximum Gasteiger partial charge on any atom is 0.320 e. The van der Waals surface area contributed by atoms with Gasteiger partial charge in [0, 0.05) is 25.8 Å². The molecule has 1 heterocycles. The zero-order valence-electron chi connectivity index (χ0n) is 17.3.